The lowest BCUT2D eigenvalue weighted by atomic mass is 10.2. The summed E-state index contributed by atoms with van der Waals surface area (Å²) in [6.07, 6.45) is -1.05. The Balaban J connectivity index is 2.01. The lowest BCUT2D eigenvalue weighted by Gasteiger charge is -2.21. The van der Waals surface area contributed by atoms with E-state index in [4.69, 9.17) is 18.9 Å². The van der Waals surface area contributed by atoms with Gasteiger partial charge in [-0.1, -0.05) is 0 Å². The van der Waals surface area contributed by atoms with Crippen molar-refractivity contribution in [2.24, 2.45) is 0 Å². The normalized spacial score (nSPS) is 39.5. The van der Waals surface area contributed by atoms with Crippen LogP contribution in [0.3, 0.4) is 0 Å². The number of carbonyl (C=O) groups is 1. The lowest BCUT2D eigenvalue weighted by Crippen LogP contribution is -2.32. The van der Waals surface area contributed by atoms with Crippen molar-refractivity contribution in [1.29, 1.82) is 0 Å². The molecule has 5 heteroatoms. The molecule has 0 bridgehead atoms. The first kappa shape index (κ1) is 9.89. The fraction of sp³-hybridized carbons (Fsp3) is 0.889. The molecule has 3 atom stereocenters. The maximum Gasteiger partial charge on any atom is 0.305 e. The van der Waals surface area contributed by atoms with Gasteiger partial charge in [-0.25, -0.2) is 0 Å². The van der Waals surface area contributed by atoms with Crippen molar-refractivity contribution in [3.8, 4) is 0 Å². The standard InChI is InChI=1S/C9H14O5/c1-5(10)12-8-7-6(4-11-8)13-9(2,3)14-7/h6-8H,4H2,1-3H3/t6-,7-,8+/m1/s1. The van der Waals surface area contributed by atoms with Gasteiger partial charge >= 0.3 is 5.97 Å². The van der Waals surface area contributed by atoms with Gasteiger partial charge < -0.3 is 18.9 Å². The minimum Gasteiger partial charge on any atom is -0.433 e. The van der Waals surface area contributed by atoms with E-state index < -0.39 is 12.1 Å². The molecule has 14 heavy (non-hydrogen) atoms. The van der Waals surface area contributed by atoms with Crippen molar-refractivity contribution in [1.82, 2.24) is 0 Å². The molecule has 0 saturated carbocycles. The molecule has 0 unspecified atom stereocenters. The summed E-state index contributed by atoms with van der Waals surface area (Å²) in [5.41, 5.74) is 0. The molecule has 2 aliphatic rings. The number of ether oxygens (including phenoxy) is 4. The summed E-state index contributed by atoms with van der Waals surface area (Å²) < 4.78 is 21.3. The number of hydrogen-bond acceptors (Lipinski definition) is 5. The van der Waals surface area contributed by atoms with Gasteiger partial charge in [0.25, 0.3) is 0 Å². The van der Waals surface area contributed by atoms with E-state index in [-0.39, 0.29) is 18.2 Å². The second-order valence-corrected chi connectivity index (χ2v) is 3.95. The number of hydrogen-bond donors (Lipinski definition) is 0. The average molecular weight is 202 g/mol. The van der Waals surface area contributed by atoms with Crippen LogP contribution in [0.25, 0.3) is 0 Å². The van der Waals surface area contributed by atoms with Crippen LogP contribution in [0.2, 0.25) is 0 Å². The average Bonchev–Trinajstić information content (AvgIpc) is 2.47. The van der Waals surface area contributed by atoms with Crippen molar-refractivity contribution in [3.05, 3.63) is 0 Å². The summed E-state index contributed by atoms with van der Waals surface area (Å²) in [6, 6.07) is 0. The molecule has 0 amide bonds. The summed E-state index contributed by atoms with van der Waals surface area (Å²) in [6.45, 7) is 5.41. The zero-order valence-electron chi connectivity index (χ0n) is 8.48. The molecule has 0 aromatic heterocycles. The first-order valence-electron chi connectivity index (χ1n) is 4.62. The van der Waals surface area contributed by atoms with Crippen molar-refractivity contribution in [2.45, 2.75) is 45.1 Å². The third kappa shape index (κ3) is 1.75. The topological polar surface area (TPSA) is 54.0 Å². The van der Waals surface area contributed by atoms with Gasteiger partial charge in [-0.2, -0.15) is 0 Å². The first-order valence-corrected chi connectivity index (χ1v) is 4.62. The van der Waals surface area contributed by atoms with E-state index >= 15 is 0 Å². The summed E-state index contributed by atoms with van der Waals surface area (Å²) in [5, 5.41) is 0. The molecule has 2 fully saturated rings. The zero-order chi connectivity index (χ0) is 10.3. The van der Waals surface area contributed by atoms with Gasteiger partial charge in [-0.3, -0.25) is 4.79 Å². The Morgan fingerprint density at radius 2 is 2.14 bits per heavy atom. The molecule has 2 saturated heterocycles. The zero-order valence-corrected chi connectivity index (χ0v) is 8.48. The first-order chi connectivity index (χ1) is 6.48. The SMILES string of the molecule is CC(=O)O[C@@H]1OC[C@H]2OC(C)(C)O[C@@H]12. The van der Waals surface area contributed by atoms with Crippen LogP contribution in [-0.2, 0) is 23.7 Å². The Morgan fingerprint density at radius 3 is 2.79 bits per heavy atom. The monoisotopic (exact) mass is 202 g/mol. The molecule has 2 aliphatic heterocycles. The highest BCUT2D eigenvalue weighted by Crippen LogP contribution is 2.35. The second kappa shape index (κ2) is 3.18. The third-order valence-electron chi connectivity index (χ3n) is 2.20. The van der Waals surface area contributed by atoms with Gasteiger partial charge in [0, 0.05) is 6.92 Å². The summed E-state index contributed by atoms with van der Waals surface area (Å²) >= 11 is 0. The predicted octanol–water partition coefficient (Wildman–Crippen LogP) is 0.426. The lowest BCUT2D eigenvalue weighted by molar-refractivity contribution is -0.218. The Bertz CT molecular complexity index is 250. The van der Waals surface area contributed by atoms with Crippen molar-refractivity contribution in [2.75, 3.05) is 6.61 Å². The van der Waals surface area contributed by atoms with E-state index in [1.165, 1.54) is 6.92 Å². The molecule has 0 aliphatic carbocycles. The molecule has 0 aromatic carbocycles. The Kier molecular flexibility index (Phi) is 2.25. The number of rotatable bonds is 1. The van der Waals surface area contributed by atoms with E-state index in [2.05, 4.69) is 0 Å². The summed E-state index contributed by atoms with van der Waals surface area (Å²) in [5.74, 6) is -0.985. The van der Waals surface area contributed by atoms with Crippen LogP contribution in [0.15, 0.2) is 0 Å². The van der Waals surface area contributed by atoms with Gasteiger partial charge in [0.1, 0.15) is 6.10 Å². The van der Waals surface area contributed by atoms with Crippen LogP contribution in [0.1, 0.15) is 20.8 Å². The van der Waals surface area contributed by atoms with E-state index in [9.17, 15) is 4.79 Å². The van der Waals surface area contributed by atoms with Gasteiger partial charge in [0.2, 0.25) is 6.29 Å². The molecular weight excluding hydrogens is 188 g/mol. The second-order valence-electron chi connectivity index (χ2n) is 3.95. The Morgan fingerprint density at radius 1 is 1.43 bits per heavy atom. The summed E-state index contributed by atoms with van der Waals surface area (Å²) in [4.78, 5) is 10.8. The van der Waals surface area contributed by atoms with Crippen LogP contribution in [0, 0.1) is 0 Å². The van der Waals surface area contributed by atoms with Gasteiger partial charge in [0.05, 0.1) is 6.61 Å². The van der Waals surface area contributed by atoms with E-state index in [1.54, 1.807) is 0 Å². The number of carbonyl (C=O) groups excluding carboxylic acids is 1. The minimum atomic E-state index is -0.626. The molecule has 0 N–H and O–H groups in total. The van der Waals surface area contributed by atoms with E-state index in [0.29, 0.717) is 6.61 Å². The highest BCUT2D eigenvalue weighted by molar-refractivity contribution is 5.66. The highest BCUT2D eigenvalue weighted by atomic mass is 16.8. The molecule has 2 rings (SSSR count). The highest BCUT2D eigenvalue weighted by Gasteiger charge is 2.51. The molecule has 80 valence electrons. The van der Waals surface area contributed by atoms with Gasteiger partial charge in [0.15, 0.2) is 11.9 Å². The fourth-order valence-corrected chi connectivity index (χ4v) is 1.77. The van der Waals surface area contributed by atoms with Crippen LogP contribution in [-0.4, -0.2) is 36.9 Å². The third-order valence-corrected chi connectivity index (χ3v) is 2.20. The van der Waals surface area contributed by atoms with E-state index in [1.807, 2.05) is 13.8 Å². The van der Waals surface area contributed by atoms with E-state index in [0.717, 1.165) is 0 Å². The largest absolute Gasteiger partial charge is 0.433 e. The summed E-state index contributed by atoms with van der Waals surface area (Å²) in [7, 11) is 0. The molecule has 2 heterocycles. The van der Waals surface area contributed by atoms with Crippen LogP contribution in [0.4, 0.5) is 0 Å². The van der Waals surface area contributed by atoms with Gasteiger partial charge in [-0.15, -0.1) is 0 Å². The number of esters is 1. The fourth-order valence-electron chi connectivity index (χ4n) is 1.77. The molecule has 0 spiro atoms. The Labute approximate surface area is 82.3 Å². The van der Waals surface area contributed by atoms with Crippen molar-refractivity contribution >= 4 is 5.97 Å². The van der Waals surface area contributed by atoms with Crippen LogP contribution < -0.4 is 0 Å². The predicted molar refractivity (Wildman–Crippen MR) is 45.3 cm³/mol. The molecule has 5 nitrogen and oxygen atoms in total. The number of fused-ring (bicyclic) bond motifs is 1. The smallest absolute Gasteiger partial charge is 0.305 e. The van der Waals surface area contributed by atoms with Crippen LogP contribution in [0.5, 0.6) is 0 Å². The molecule has 0 aromatic rings. The molecular formula is C9H14O5. The maximum absolute atomic E-state index is 10.8. The van der Waals surface area contributed by atoms with Crippen molar-refractivity contribution in [3.63, 3.8) is 0 Å². The van der Waals surface area contributed by atoms with Crippen LogP contribution >= 0.6 is 0 Å². The Hall–Kier alpha value is -0.650. The molecule has 0 radical (unpaired) electrons. The quantitative estimate of drug-likeness (QED) is 0.577. The van der Waals surface area contributed by atoms with Crippen molar-refractivity contribution < 1.29 is 23.7 Å². The van der Waals surface area contributed by atoms with Gasteiger partial charge in [-0.05, 0) is 13.8 Å². The maximum atomic E-state index is 10.8. The minimum absolute atomic E-state index is 0.130.